The van der Waals surface area contributed by atoms with E-state index in [4.69, 9.17) is 5.84 Å². The van der Waals surface area contributed by atoms with Crippen molar-refractivity contribution in [1.82, 2.24) is 4.98 Å². The van der Waals surface area contributed by atoms with Crippen molar-refractivity contribution in [2.24, 2.45) is 5.84 Å². The van der Waals surface area contributed by atoms with Gasteiger partial charge in [-0.15, -0.1) is 11.3 Å². The smallest absolute Gasteiger partial charge is 0.0907 e. The Morgan fingerprint density at radius 3 is 3.08 bits per heavy atom. The van der Waals surface area contributed by atoms with Crippen LogP contribution < -0.4 is 11.3 Å². The van der Waals surface area contributed by atoms with Crippen molar-refractivity contribution in [2.75, 3.05) is 5.43 Å². The van der Waals surface area contributed by atoms with Crippen LogP contribution in [0.5, 0.6) is 0 Å². The molecule has 0 aliphatic carbocycles. The third kappa shape index (κ3) is 1.15. The van der Waals surface area contributed by atoms with Gasteiger partial charge in [0.2, 0.25) is 0 Å². The molecule has 0 aliphatic rings. The number of nitrogen functional groups attached to an aromatic ring is 1. The lowest BCUT2D eigenvalue weighted by Crippen LogP contribution is -2.05. The highest BCUT2D eigenvalue weighted by molar-refractivity contribution is 7.18. The Morgan fingerprint density at radius 1 is 1.50 bits per heavy atom. The van der Waals surface area contributed by atoms with Crippen LogP contribution in [0.3, 0.4) is 0 Å². The van der Waals surface area contributed by atoms with E-state index in [0.717, 1.165) is 16.2 Å². The first-order chi connectivity index (χ1) is 5.79. The van der Waals surface area contributed by atoms with E-state index in [1.165, 1.54) is 4.70 Å². The van der Waals surface area contributed by atoms with Gasteiger partial charge in [0.1, 0.15) is 0 Å². The third-order valence-electron chi connectivity index (χ3n) is 1.66. The third-order valence-corrected chi connectivity index (χ3v) is 2.61. The van der Waals surface area contributed by atoms with Crippen molar-refractivity contribution in [3.63, 3.8) is 0 Å². The number of nitrogens with zero attached hydrogens (tertiary/aromatic N) is 1. The van der Waals surface area contributed by atoms with E-state index < -0.39 is 0 Å². The lowest BCUT2D eigenvalue weighted by atomic mass is 10.3. The maximum absolute atomic E-state index is 5.27. The van der Waals surface area contributed by atoms with E-state index in [-0.39, 0.29) is 0 Å². The van der Waals surface area contributed by atoms with Gasteiger partial charge in [-0.25, -0.2) is 4.98 Å². The summed E-state index contributed by atoms with van der Waals surface area (Å²) in [5, 5.41) is 1.08. The molecule has 2 rings (SSSR count). The highest BCUT2D eigenvalue weighted by atomic mass is 32.1. The number of hydrazine groups is 1. The molecule has 0 fully saturated rings. The van der Waals surface area contributed by atoms with Gasteiger partial charge in [-0.2, -0.15) is 0 Å². The lowest BCUT2D eigenvalue weighted by Gasteiger charge is -1.96. The van der Waals surface area contributed by atoms with Gasteiger partial charge in [0.15, 0.2) is 0 Å². The summed E-state index contributed by atoms with van der Waals surface area (Å²) < 4.78 is 1.20. The quantitative estimate of drug-likeness (QED) is 0.519. The van der Waals surface area contributed by atoms with Crippen LogP contribution in [0, 0.1) is 6.92 Å². The van der Waals surface area contributed by atoms with E-state index in [0.29, 0.717) is 0 Å². The second-order valence-electron chi connectivity index (χ2n) is 2.56. The molecule has 4 heteroatoms. The van der Waals surface area contributed by atoms with E-state index in [9.17, 15) is 0 Å². The number of aryl methyl sites for hydroxylation is 1. The Balaban J connectivity index is 2.66. The van der Waals surface area contributed by atoms with Crippen LogP contribution in [0.4, 0.5) is 5.69 Å². The van der Waals surface area contributed by atoms with Gasteiger partial charge < -0.3 is 5.43 Å². The fourth-order valence-electron chi connectivity index (χ4n) is 1.13. The predicted molar refractivity (Wildman–Crippen MR) is 52.2 cm³/mol. The first-order valence-electron chi connectivity index (χ1n) is 3.63. The number of thiazole rings is 1. The van der Waals surface area contributed by atoms with Crippen molar-refractivity contribution in [3.8, 4) is 0 Å². The Kier molecular flexibility index (Phi) is 1.71. The van der Waals surface area contributed by atoms with E-state index in [1.807, 2.05) is 25.1 Å². The van der Waals surface area contributed by atoms with Crippen LogP contribution in [0.15, 0.2) is 18.2 Å². The zero-order valence-electron chi connectivity index (χ0n) is 6.66. The number of hydrogen-bond acceptors (Lipinski definition) is 4. The second kappa shape index (κ2) is 2.73. The number of rotatable bonds is 1. The normalized spacial score (nSPS) is 10.5. The first-order valence-corrected chi connectivity index (χ1v) is 4.45. The lowest BCUT2D eigenvalue weighted by molar-refractivity contribution is 1.33. The molecule has 0 unspecified atom stereocenters. The molecule has 1 heterocycles. The number of aromatic nitrogens is 1. The number of hydrogen-bond donors (Lipinski definition) is 2. The molecule has 62 valence electrons. The zero-order valence-corrected chi connectivity index (χ0v) is 7.48. The van der Waals surface area contributed by atoms with E-state index >= 15 is 0 Å². The molecule has 0 amide bonds. The van der Waals surface area contributed by atoms with Gasteiger partial charge in [0.25, 0.3) is 0 Å². The molecule has 3 nitrogen and oxygen atoms in total. The minimum atomic E-state index is 0.896. The van der Waals surface area contributed by atoms with Gasteiger partial charge in [0, 0.05) is 0 Å². The molecule has 0 aliphatic heterocycles. The fraction of sp³-hybridized carbons (Fsp3) is 0.125. The molecule has 0 saturated heterocycles. The van der Waals surface area contributed by atoms with Crippen LogP contribution >= 0.6 is 11.3 Å². The maximum atomic E-state index is 5.27. The summed E-state index contributed by atoms with van der Waals surface area (Å²) in [6.07, 6.45) is 0. The molecule has 0 atom stereocenters. The molecule has 0 saturated carbocycles. The highest BCUT2D eigenvalue weighted by Gasteiger charge is 1.99. The predicted octanol–water partition coefficient (Wildman–Crippen LogP) is 1.89. The summed E-state index contributed by atoms with van der Waals surface area (Å²) in [6, 6.07) is 5.91. The molecule has 0 radical (unpaired) electrons. The molecular formula is C8H9N3S. The van der Waals surface area contributed by atoms with E-state index in [1.54, 1.807) is 11.3 Å². The van der Waals surface area contributed by atoms with Crippen molar-refractivity contribution < 1.29 is 0 Å². The molecule has 3 N–H and O–H groups in total. The van der Waals surface area contributed by atoms with Crippen molar-refractivity contribution in [2.45, 2.75) is 6.92 Å². The maximum Gasteiger partial charge on any atom is 0.0907 e. The molecule has 0 spiro atoms. The van der Waals surface area contributed by atoms with Gasteiger partial charge in [-0.1, -0.05) is 0 Å². The average Bonchev–Trinajstić information content (AvgIpc) is 2.43. The van der Waals surface area contributed by atoms with Gasteiger partial charge in [-0.05, 0) is 25.1 Å². The molecular weight excluding hydrogens is 170 g/mol. The SMILES string of the molecule is Cc1nc2cc(NN)ccc2s1. The van der Waals surface area contributed by atoms with Gasteiger partial charge in [-0.3, -0.25) is 5.84 Å². The number of anilines is 1. The van der Waals surface area contributed by atoms with Crippen molar-refractivity contribution in [1.29, 1.82) is 0 Å². The first kappa shape index (κ1) is 7.52. The Morgan fingerprint density at radius 2 is 2.33 bits per heavy atom. The largest absolute Gasteiger partial charge is 0.324 e. The minimum Gasteiger partial charge on any atom is -0.324 e. The van der Waals surface area contributed by atoms with Crippen molar-refractivity contribution in [3.05, 3.63) is 23.2 Å². The van der Waals surface area contributed by atoms with Crippen LogP contribution in [-0.4, -0.2) is 4.98 Å². The van der Waals surface area contributed by atoms with Crippen LogP contribution in [0.2, 0.25) is 0 Å². The summed E-state index contributed by atoms with van der Waals surface area (Å²) in [4.78, 5) is 4.34. The number of nitrogens with two attached hydrogens (primary N) is 1. The number of fused-ring (bicyclic) bond motifs is 1. The zero-order chi connectivity index (χ0) is 8.55. The topological polar surface area (TPSA) is 50.9 Å². The Labute approximate surface area is 74.2 Å². The monoisotopic (exact) mass is 179 g/mol. The Hall–Kier alpha value is -1.13. The molecule has 0 bridgehead atoms. The van der Waals surface area contributed by atoms with Gasteiger partial charge >= 0.3 is 0 Å². The molecule has 2 aromatic rings. The Bertz CT molecular complexity index is 408. The summed E-state index contributed by atoms with van der Waals surface area (Å²) in [5.74, 6) is 5.27. The summed E-state index contributed by atoms with van der Waals surface area (Å²) in [7, 11) is 0. The van der Waals surface area contributed by atoms with Crippen LogP contribution in [-0.2, 0) is 0 Å². The van der Waals surface area contributed by atoms with E-state index in [2.05, 4.69) is 10.4 Å². The number of nitrogens with one attached hydrogen (secondary N) is 1. The average molecular weight is 179 g/mol. The summed E-state index contributed by atoms with van der Waals surface area (Å²) in [5.41, 5.74) is 4.50. The molecule has 1 aromatic carbocycles. The second-order valence-corrected chi connectivity index (χ2v) is 3.79. The number of benzene rings is 1. The van der Waals surface area contributed by atoms with Crippen LogP contribution in [0.25, 0.3) is 10.2 Å². The van der Waals surface area contributed by atoms with Crippen LogP contribution in [0.1, 0.15) is 5.01 Å². The van der Waals surface area contributed by atoms with Crippen molar-refractivity contribution >= 4 is 27.2 Å². The highest BCUT2D eigenvalue weighted by Crippen LogP contribution is 2.23. The van der Waals surface area contributed by atoms with Gasteiger partial charge in [0.05, 0.1) is 20.9 Å². The molecule has 12 heavy (non-hydrogen) atoms. The minimum absolute atomic E-state index is 0.896. The summed E-state index contributed by atoms with van der Waals surface area (Å²) in [6.45, 7) is 2.00. The molecule has 1 aromatic heterocycles. The standard InChI is InChI=1S/C8H9N3S/c1-5-10-7-4-6(11-9)2-3-8(7)12-5/h2-4,11H,9H2,1H3. The fourth-order valence-corrected chi connectivity index (χ4v) is 1.94. The summed E-state index contributed by atoms with van der Waals surface area (Å²) >= 11 is 1.69.